The minimum absolute atomic E-state index is 0.00879. The quantitative estimate of drug-likeness (QED) is 0.190. The van der Waals surface area contributed by atoms with Gasteiger partial charge in [-0.25, -0.2) is 4.79 Å². The van der Waals surface area contributed by atoms with Crippen LogP contribution in [0, 0.1) is 29.6 Å². The Bertz CT molecular complexity index is 1430. The smallest absolute Gasteiger partial charge is 0.329 e. The topological polar surface area (TPSA) is 178 Å². The van der Waals surface area contributed by atoms with Crippen molar-refractivity contribution in [2.45, 2.75) is 153 Å². The first-order chi connectivity index (χ1) is 26.6. The average Bonchev–Trinajstić information content (AvgIpc) is 3.18. The highest BCUT2D eigenvalue weighted by Crippen LogP contribution is 2.39. The predicted molar refractivity (Wildman–Crippen MR) is 208 cm³/mol. The van der Waals surface area contributed by atoms with Gasteiger partial charge in [0.05, 0.1) is 30.5 Å². The summed E-state index contributed by atoms with van der Waals surface area (Å²) in [6.45, 7) is 11.1. The molecule has 2 bridgehead atoms. The molecular formula is C43H67NO12. The Balaban J connectivity index is 1.75. The number of piperidine rings is 1. The van der Waals surface area contributed by atoms with Crippen LogP contribution in [0.2, 0.25) is 0 Å². The summed E-state index contributed by atoms with van der Waals surface area (Å²) >= 11 is 0. The SMILES string of the molecule is C=CC[C@@H]1/C=C/C[C@H](C)C[C@H](OC)[C@H]2O[C@@](O)(C(=O)C(=O)N3CCCC[C@H]3C(=O)O[C@H](/C(C)=C/[C@@H]3CC[C@@H](O)[C@H](OC)C3)[C@H](C)[C@@H](O)CC1=O)[C@H](C)C[C@@H]2OC. The number of Topliss-reactive ketones (excluding diaryl/α,β-unsaturated/α-hetero) is 2. The number of carbonyl (C=O) groups excluding carboxylic acids is 4. The number of fused-ring (bicyclic) bond motifs is 3. The van der Waals surface area contributed by atoms with Crippen LogP contribution in [0.25, 0.3) is 0 Å². The molecule has 13 nitrogen and oxygen atoms in total. The van der Waals surface area contributed by atoms with Gasteiger partial charge < -0.3 is 43.9 Å². The Hall–Kier alpha value is -2.78. The van der Waals surface area contributed by atoms with E-state index in [9.17, 15) is 34.5 Å². The van der Waals surface area contributed by atoms with Crippen molar-refractivity contribution in [2.24, 2.45) is 29.6 Å². The number of carbonyl (C=O) groups is 4. The van der Waals surface area contributed by atoms with E-state index in [1.165, 1.54) is 19.1 Å². The molecule has 3 heterocycles. The maximum absolute atomic E-state index is 14.3. The van der Waals surface area contributed by atoms with Gasteiger partial charge in [0.15, 0.2) is 0 Å². The second-order valence-electron chi connectivity index (χ2n) is 16.7. The number of methoxy groups -OCH3 is 3. The van der Waals surface area contributed by atoms with Gasteiger partial charge in [0.1, 0.15) is 24.0 Å². The second-order valence-corrected chi connectivity index (χ2v) is 16.7. The average molecular weight is 790 g/mol. The van der Waals surface area contributed by atoms with Crippen LogP contribution >= 0.6 is 0 Å². The lowest BCUT2D eigenvalue weighted by molar-refractivity contribution is -0.302. The predicted octanol–water partition coefficient (Wildman–Crippen LogP) is 4.25. The van der Waals surface area contributed by atoms with Gasteiger partial charge in [0, 0.05) is 52.0 Å². The van der Waals surface area contributed by atoms with Gasteiger partial charge in [-0.3, -0.25) is 14.4 Å². The Morgan fingerprint density at radius 2 is 1.62 bits per heavy atom. The standard InChI is InChI=1S/C43H67NO12/c1-9-13-30-15-12-14-25(2)20-36(53-7)39-37(54-8)22-27(4)43(51,56-39)40(48)41(49)44-19-11-10-16-31(44)42(50)55-38(28(5)33(46)24-34(30)47)26(3)21-29-17-18-32(45)35(23-29)52-6/h9,12,15,21,25,27-33,35-39,45-46,51H,1,10-11,13-14,16-20,22-24H2,2-8H3/b15-12+,26-21+/t25-,27+,28+,29-,30+,31-,32+,33-,35+,36-,37-,38+,39+,43+/m0/s1. The third-order valence-electron chi connectivity index (χ3n) is 12.6. The van der Waals surface area contributed by atoms with Crippen LogP contribution in [0.4, 0.5) is 0 Å². The zero-order chi connectivity index (χ0) is 41.3. The molecule has 3 aliphatic heterocycles. The third-order valence-corrected chi connectivity index (χ3v) is 12.6. The number of aliphatic hydroxyl groups is 3. The summed E-state index contributed by atoms with van der Waals surface area (Å²) < 4.78 is 29.6. The molecule has 2 saturated heterocycles. The number of hydrogen-bond donors (Lipinski definition) is 3. The van der Waals surface area contributed by atoms with Crippen molar-refractivity contribution in [1.82, 2.24) is 4.90 Å². The van der Waals surface area contributed by atoms with Crippen LogP contribution in [0.15, 0.2) is 36.5 Å². The van der Waals surface area contributed by atoms with Crippen molar-refractivity contribution in [2.75, 3.05) is 27.9 Å². The molecule has 13 heteroatoms. The van der Waals surface area contributed by atoms with Crippen molar-refractivity contribution in [1.29, 1.82) is 0 Å². The molecule has 1 aliphatic carbocycles. The lowest BCUT2D eigenvalue weighted by atomic mass is 9.82. The molecule has 316 valence electrons. The molecule has 1 amide bonds. The van der Waals surface area contributed by atoms with Crippen LogP contribution in [0.3, 0.4) is 0 Å². The van der Waals surface area contributed by atoms with Gasteiger partial charge in [0.25, 0.3) is 11.7 Å². The van der Waals surface area contributed by atoms with Gasteiger partial charge in [0.2, 0.25) is 5.79 Å². The van der Waals surface area contributed by atoms with E-state index >= 15 is 0 Å². The lowest BCUT2D eigenvalue weighted by Gasteiger charge is -2.47. The Morgan fingerprint density at radius 1 is 0.946 bits per heavy atom. The molecule has 0 aromatic rings. The van der Waals surface area contributed by atoms with E-state index in [1.54, 1.807) is 27.0 Å². The van der Waals surface area contributed by atoms with Crippen molar-refractivity contribution >= 4 is 23.4 Å². The Morgan fingerprint density at radius 3 is 2.29 bits per heavy atom. The monoisotopic (exact) mass is 789 g/mol. The zero-order valence-corrected chi connectivity index (χ0v) is 34.5. The number of nitrogens with zero attached hydrogens (tertiary/aromatic N) is 1. The number of hydrogen-bond acceptors (Lipinski definition) is 12. The van der Waals surface area contributed by atoms with Gasteiger partial charge in [-0.1, -0.05) is 45.1 Å². The second kappa shape index (κ2) is 20.8. The van der Waals surface area contributed by atoms with E-state index in [1.807, 2.05) is 32.1 Å². The molecule has 0 unspecified atom stereocenters. The number of cyclic esters (lactones) is 1. The molecule has 0 radical (unpaired) electrons. The minimum atomic E-state index is -2.51. The first kappa shape index (κ1) is 45.9. The minimum Gasteiger partial charge on any atom is -0.456 e. The number of ether oxygens (including phenoxy) is 5. The molecular weight excluding hydrogens is 722 g/mol. The van der Waals surface area contributed by atoms with Crippen LogP contribution in [-0.2, 0) is 42.9 Å². The summed E-state index contributed by atoms with van der Waals surface area (Å²) in [4.78, 5) is 57.5. The Kier molecular flexibility index (Phi) is 17.0. The number of esters is 1. The highest BCUT2D eigenvalue weighted by atomic mass is 16.7. The maximum atomic E-state index is 14.3. The van der Waals surface area contributed by atoms with Crippen LogP contribution in [-0.4, -0.2) is 126 Å². The molecule has 3 N–H and O–H groups in total. The number of rotatable bonds is 7. The van der Waals surface area contributed by atoms with Crippen molar-refractivity contribution in [3.63, 3.8) is 0 Å². The van der Waals surface area contributed by atoms with E-state index in [2.05, 4.69) is 6.58 Å². The van der Waals surface area contributed by atoms with Crippen LogP contribution in [0.5, 0.6) is 0 Å². The molecule has 4 aliphatic rings. The highest BCUT2D eigenvalue weighted by molar-refractivity contribution is 6.39. The van der Waals surface area contributed by atoms with Crippen LogP contribution < -0.4 is 0 Å². The van der Waals surface area contributed by atoms with Gasteiger partial charge in [-0.2, -0.15) is 0 Å². The number of allylic oxidation sites excluding steroid dienone is 4. The van der Waals surface area contributed by atoms with E-state index < -0.39 is 83.9 Å². The molecule has 4 rings (SSSR count). The van der Waals surface area contributed by atoms with E-state index in [0.29, 0.717) is 56.9 Å². The molecule has 0 spiro atoms. The maximum Gasteiger partial charge on any atom is 0.329 e. The molecule has 0 aromatic heterocycles. The van der Waals surface area contributed by atoms with Crippen molar-refractivity contribution in [3.8, 4) is 0 Å². The Labute approximate surface area is 332 Å². The molecule has 3 fully saturated rings. The summed E-state index contributed by atoms with van der Waals surface area (Å²) in [5.74, 6) is -7.75. The normalized spacial score (nSPS) is 40.9. The van der Waals surface area contributed by atoms with Gasteiger partial charge in [-0.05, 0) is 88.5 Å². The fraction of sp³-hybridized carbons (Fsp3) is 0.767. The third kappa shape index (κ3) is 10.8. The summed E-state index contributed by atoms with van der Waals surface area (Å²) in [5, 5.41) is 34.0. The fourth-order valence-electron chi connectivity index (χ4n) is 8.98. The van der Waals surface area contributed by atoms with E-state index in [4.69, 9.17) is 23.7 Å². The van der Waals surface area contributed by atoms with Crippen molar-refractivity contribution in [3.05, 3.63) is 36.5 Å². The number of aliphatic hydroxyl groups excluding tert-OH is 2. The largest absolute Gasteiger partial charge is 0.456 e. The van der Waals surface area contributed by atoms with Crippen LogP contribution in [0.1, 0.15) is 98.3 Å². The van der Waals surface area contributed by atoms with E-state index in [0.717, 1.165) is 0 Å². The van der Waals surface area contributed by atoms with Crippen molar-refractivity contribution < 1.29 is 58.2 Å². The zero-order valence-electron chi connectivity index (χ0n) is 34.5. The molecule has 0 aromatic carbocycles. The first-order valence-corrected chi connectivity index (χ1v) is 20.5. The molecule has 1 saturated carbocycles. The summed E-state index contributed by atoms with van der Waals surface area (Å²) in [5.41, 5.74) is 0.651. The first-order valence-electron chi connectivity index (χ1n) is 20.5. The molecule has 14 atom stereocenters. The summed E-state index contributed by atoms with van der Waals surface area (Å²) in [7, 11) is 4.60. The highest BCUT2D eigenvalue weighted by Gasteiger charge is 2.56. The molecule has 56 heavy (non-hydrogen) atoms. The fourth-order valence-corrected chi connectivity index (χ4v) is 8.98. The number of ketones is 2. The number of amides is 1. The van der Waals surface area contributed by atoms with Gasteiger partial charge in [-0.15, -0.1) is 6.58 Å². The van der Waals surface area contributed by atoms with E-state index in [-0.39, 0.29) is 49.5 Å². The summed E-state index contributed by atoms with van der Waals surface area (Å²) in [6.07, 6.45) is 6.76. The summed E-state index contributed by atoms with van der Waals surface area (Å²) in [6, 6.07) is -1.14. The lowest BCUT2D eigenvalue weighted by Crippen LogP contribution is -2.64. The van der Waals surface area contributed by atoms with Gasteiger partial charge >= 0.3 is 5.97 Å².